The summed E-state index contributed by atoms with van der Waals surface area (Å²) in [4.78, 5) is 0. The van der Waals surface area contributed by atoms with Gasteiger partial charge in [-0.05, 0) is 47.4 Å². The lowest BCUT2D eigenvalue weighted by Crippen LogP contribution is -2.28. The van der Waals surface area contributed by atoms with Gasteiger partial charge in [0, 0.05) is 18.0 Å². The van der Waals surface area contributed by atoms with E-state index in [1.54, 1.807) is 0 Å². The van der Waals surface area contributed by atoms with Gasteiger partial charge in [-0.15, -0.1) is 0 Å². The summed E-state index contributed by atoms with van der Waals surface area (Å²) in [6.45, 7) is 1.72. The van der Waals surface area contributed by atoms with Crippen molar-refractivity contribution in [3.63, 3.8) is 0 Å². The molecule has 82 valence electrons. The SMILES string of the molecule is Oc1ccc(Br)c(F)c1C1CCCNC1. The first-order chi connectivity index (χ1) is 7.20. The minimum absolute atomic E-state index is 0.0596. The fraction of sp³-hybridized carbons (Fsp3) is 0.455. The maximum atomic E-state index is 13.8. The van der Waals surface area contributed by atoms with Gasteiger partial charge in [-0.1, -0.05) is 0 Å². The Morgan fingerprint density at radius 2 is 2.27 bits per heavy atom. The van der Waals surface area contributed by atoms with Crippen molar-refractivity contribution in [1.82, 2.24) is 5.32 Å². The highest BCUT2D eigenvalue weighted by Crippen LogP contribution is 2.35. The molecule has 1 aliphatic heterocycles. The number of rotatable bonds is 1. The molecule has 0 spiro atoms. The van der Waals surface area contributed by atoms with Gasteiger partial charge < -0.3 is 10.4 Å². The monoisotopic (exact) mass is 273 g/mol. The Bertz CT molecular complexity index is 364. The third-order valence-corrected chi connectivity index (χ3v) is 3.43. The van der Waals surface area contributed by atoms with Gasteiger partial charge in [-0.2, -0.15) is 0 Å². The maximum absolute atomic E-state index is 13.8. The molecule has 15 heavy (non-hydrogen) atoms. The molecule has 1 aromatic rings. The molecule has 2 nitrogen and oxygen atoms in total. The Balaban J connectivity index is 2.36. The fourth-order valence-corrected chi connectivity index (χ4v) is 2.39. The van der Waals surface area contributed by atoms with E-state index in [0.29, 0.717) is 10.0 Å². The predicted octanol–water partition coefficient (Wildman–Crippen LogP) is 2.76. The lowest BCUT2D eigenvalue weighted by atomic mass is 9.90. The smallest absolute Gasteiger partial charge is 0.144 e. The zero-order chi connectivity index (χ0) is 10.8. The molecule has 1 aliphatic rings. The third kappa shape index (κ3) is 2.16. The Morgan fingerprint density at radius 3 is 2.93 bits per heavy atom. The number of nitrogens with one attached hydrogen (secondary N) is 1. The molecule has 4 heteroatoms. The van der Waals surface area contributed by atoms with Gasteiger partial charge in [0.15, 0.2) is 0 Å². The van der Waals surface area contributed by atoms with Gasteiger partial charge in [0.25, 0.3) is 0 Å². The van der Waals surface area contributed by atoms with Crippen LogP contribution in [0.5, 0.6) is 5.75 Å². The van der Waals surface area contributed by atoms with Crippen molar-refractivity contribution in [1.29, 1.82) is 0 Å². The normalized spacial score (nSPS) is 21.6. The molecule has 2 N–H and O–H groups in total. The Kier molecular flexibility index (Phi) is 3.26. The summed E-state index contributed by atoms with van der Waals surface area (Å²) in [5.41, 5.74) is 0.441. The maximum Gasteiger partial charge on any atom is 0.144 e. The Morgan fingerprint density at radius 1 is 1.47 bits per heavy atom. The lowest BCUT2D eigenvalue weighted by Gasteiger charge is -2.24. The van der Waals surface area contributed by atoms with Crippen LogP contribution in [0, 0.1) is 5.82 Å². The summed E-state index contributed by atoms with van der Waals surface area (Å²) in [7, 11) is 0. The van der Waals surface area contributed by atoms with Gasteiger partial charge >= 0.3 is 0 Å². The van der Waals surface area contributed by atoms with E-state index < -0.39 is 0 Å². The van der Waals surface area contributed by atoms with Crippen molar-refractivity contribution in [2.24, 2.45) is 0 Å². The number of phenolic OH excluding ortho intramolecular Hbond substituents is 1. The molecule has 2 rings (SSSR count). The third-order valence-electron chi connectivity index (χ3n) is 2.81. The summed E-state index contributed by atoms with van der Waals surface area (Å²) in [6.07, 6.45) is 1.95. The second-order valence-corrected chi connectivity index (χ2v) is 4.69. The van der Waals surface area contributed by atoms with Crippen LogP contribution in [-0.4, -0.2) is 18.2 Å². The van der Waals surface area contributed by atoms with Crippen molar-refractivity contribution in [3.05, 3.63) is 28.0 Å². The van der Waals surface area contributed by atoms with Gasteiger partial charge in [0.05, 0.1) is 4.47 Å². The molecule has 0 aliphatic carbocycles. The number of piperidine rings is 1. The molecular weight excluding hydrogens is 261 g/mol. The quantitative estimate of drug-likeness (QED) is 0.825. The molecule has 1 aromatic carbocycles. The highest BCUT2D eigenvalue weighted by Gasteiger charge is 2.23. The number of hydrogen-bond donors (Lipinski definition) is 2. The van der Waals surface area contributed by atoms with Crippen LogP contribution in [0.4, 0.5) is 4.39 Å². The van der Waals surface area contributed by atoms with E-state index in [9.17, 15) is 9.50 Å². The van der Waals surface area contributed by atoms with Crippen molar-refractivity contribution in [3.8, 4) is 5.75 Å². The van der Waals surface area contributed by atoms with Crippen LogP contribution in [0.15, 0.2) is 16.6 Å². The molecular formula is C11H13BrFNO. The molecule has 0 bridgehead atoms. The molecule has 1 saturated heterocycles. The molecule has 1 unspecified atom stereocenters. The number of phenols is 1. The van der Waals surface area contributed by atoms with E-state index >= 15 is 0 Å². The van der Waals surface area contributed by atoms with E-state index in [4.69, 9.17) is 0 Å². The van der Waals surface area contributed by atoms with Crippen LogP contribution >= 0.6 is 15.9 Å². The van der Waals surface area contributed by atoms with Gasteiger partial charge in [-0.25, -0.2) is 4.39 Å². The van der Waals surface area contributed by atoms with E-state index in [1.807, 2.05) is 0 Å². The van der Waals surface area contributed by atoms with Crippen molar-refractivity contribution < 1.29 is 9.50 Å². The van der Waals surface area contributed by atoms with Gasteiger partial charge in [0.2, 0.25) is 0 Å². The second-order valence-electron chi connectivity index (χ2n) is 3.84. The molecule has 0 amide bonds. The standard InChI is InChI=1S/C11H13BrFNO/c12-8-3-4-9(15)10(11(8)13)7-2-1-5-14-6-7/h3-4,7,14-15H,1-2,5-6H2. The minimum atomic E-state index is -0.330. The van der Waals surface area contributed by atoms with Crippen LogP contribution in [0.2, 0.25) is 0 Å². The van der Waals surface area contributed by atoms with Crippen LogP contribution in [-0.2, 0) is 0 Å². The molecule has 0 aromatic heterocycles. The summed E-state index contributed by atoms with van der Waals surface area (Å²) in [5, 5.41) is 12.9. The summed E-state index contributed by atoms with van der Waals surface area (Å²) < 4.78 is 14.2. The highest BCUT2D eigenvalue weighted by molar-refractivity contribution is 9.10. The number of aromatic hydroxyl groups is 1. The zero-order valence-corrected chi connectivity index (χ0v) is 9.85. The summed E-state index contributed by atoms with van der Waals surface area (Å²) in [5.74, 6) is -0.190. The van der Waals surface area contributed by atoms with Crippen molar-refractivity contribution in [2.75, 3.05) is 13.1 Å². The average molecular weight is 274 g/mol. The van der Waals surface area contributed by atoms with Crippen LogP contribution in [0.3, 0.4) is 0 Å². The molecule has 1 heterocycles. The fourth-order valence-electron chi connectivity index (χ4n) is 2.04. The largest absolute Gasteiger partial charge is 0.508 e. The van der Waals surface area contributed by atoms with E-state index in [0.717, 1.165) is 25.9 Å². The zero-order valence-electron chi connectivity index (χ0n) is 8.26. The van der Waals surface area contributed by atoms with Crippen molar-refractivity contribution >= 4 is 15.9 Å². The first kappa shape index (κ1) is 10.9. The average Bonchev–Trinajstić information content (AvgIpc) is 2.26. The van der Waals surface area contributed by atoms with Crippen molar-refractivity contribution in [2.45, 2.75) is 18.8 Å². The number of benzene rings is 1. The summed E-state index contributed by atoms with van der Waals surface area (Å²) in [6, 6.07) is 3.07. The predicted molar refractivity (Wildman–Crippen MR) is 60.6 cm³/mol. The first-order valence-electron chi connectivity index (χ1n) is 5.07. The number of hydrogen-bond acceptors (Lipinski definition) is 2. The topological polar surface area (TPSA) is 32.3 Å². The second kappa shape index (κ2) is 4.49. The highest BCUT2D eigenvalue weighted by atomic mass is 79.9. The van der Waals surface area contributed by atoms with Crippen LogP contribution in [0.25, 0.3) is 0 Å². The number of halogens is 2. The minimum Gasteiger partial charge on any atom is -0.508 e. The Labute approximate surface area is 96.6 Å². The lowest BCUT2D eigenvalue weighted by molar-refractivity contribution is 0.409. The molecule has 0 saturated carbocycles. The van der Waals surface area contributed by atoms with E-state index in [1.165, 1.54) is 12.1 Å². The van der Waals surface area contributed by atoms with Gasteiger partial charge in [-0.3, -0.25) is 0 Å². The van der Waals surface area contributed by atoms with E-state index in [2.05, 4.69) is 21.2 Å². The van der Waals surface area contributed by atoms with Crippen LogP contribution in [0.1, 0.15) is 24.3 Å². The van der Waals surface area contributed by atoms with E-state index in [-0.39, 0.29) is 17.5 Å². The summed E-state index contributed by atoms with van der Waals surface area (Å²) >= 11 is 3.14. The van der Waals surface area contributed by atoms with Gasteiger partial charge in [0.1, 0.15) is 11.6 Å². The Hall–Kier alpha value is -0.610. The first-order valence-corrected chi connectivity index (χ1v) is 5.87. The van der Waals surface area contributed by atoms with Crippen LogP contribution < -0.4 is 5.32 Å². The molecule has 1 fully saturated rings. The molecule has 0 radical (unpaired) electrons. The molecule has 1 atom stereocenters.